The van der Waals surface area contributed by atoms with Crippen molar-refractivity contribution >= 4 is 0 Å². The summed E-state index contributed by atoms with van der Waals surface area (Å²) in [6.07, 6.45) is 10.3. The van der Waals surface area contributed by atoms with Crippen LogP contribution in [0.15, 0.2) is 42.5 Å². The van der Waals surface area contributed by atoms with E-state index in [1.165, 1.54) is 5.56 Å². The van der Waals surface area contributed by atoms with Gasteiger partial charge in [-0.3, -0.25) is 4.90 Å². The van der Waals surface area contributed by atoms with Gasteiger partial charge in [-0.1, -0.05) is 43.3 Å². The van der Waals surface area contributed by atoms with Gasteiger partial charge in [-0.05, 0) is 49.4 Å². The molecule has 1 aliphatic rings. The van der Waals surface area contributed by atoms with E-state index >= 15 is 0 Å². The Bertz CT molecular complexity index is 779. The van der Waals surface area contributed by atoms with E-state index in [4.69, 9.17) is 11.2 Å². The second kappa shape index (κ2) is 9.48. The summed E-state index contributed by atoms with van der Waals surface area (Å²) < 4.78 is 5.87. The number of hydrogen-bond donors (Lipinski definition) is 1. The minimum Gasteiger partial charge on any atom is -0.504 e. The molecular formula is C24H29NO2. The first-order valence-corrected chi connectivity index (χ1v) is 9.90. The summed E-state index contributed by atoms with van der Waals surface area (Å²) in [6, 6.07) is 14.6. The maximum absolute atomic E-state index is 10.7. The van der Waals surface area contributed by atoms with Gasteiger partial charge in [0.1, 0.15) is 6.61 Å². The van der Waals surface area contributed by atoms with Crippen molar-refractivity contribution in [1.29, 1.82) is 0 Å². The number of rotatable bonds is 8. The molecular weight excluding hydrogens is 334 g/mol. The molecule has 0 fully saturated rings. The third-order valence-electron chi connectivity index (χ3n) is 5.33. The fraction of sp³-hybridized carbons (Fsp3) is 0.417. The van der Waals surface area contributed by atoms with Crippen LogP contribution in [0.1, 0.15) is 42.9 Å². The van der Waals surface area contributed by atoms with E-state index in [0.717, 1.165) is 56.3 Å². The number of benzene rings is 2. The van der Waals surface area contributed by atoms with Crippen LogP contribution in [0, 0.1) is 12.3 Å². The van der Waals surface area contributed by atoms with Gasteiger partial charge in [0.15, 0.2) is 11.5 Å². The van der Waals surface area contributed by atoms with Gasteiger partial charge in [0.2, 0.25) is 0 Å². The van der Waals surface area contributed by atoms with Gasteiger partial charge in [0, 0.05) is 24.6 Å². The number of hydrogen-bond acceptors (Lipinski definition) is 3. The Morgan fingerprint density at radius 2 is 2.00 bits per heavy atom. The Labute approximate surface area is 163 Å². The van der Waals surface area contributed by atoms with Gasteiger partial charge in [-0.25, -0.2) is 0 Å². The average molecular weight is 364 g/mol. The highest BCUT2D eigenvalue weighted by Crippen LogP contribution is 2.38. The molecule has 3 rings (SSSR count). The zero-order chi connectivity index (χ0) is 19.1. The van der Waals surface area contributed by atoms with Crippen LogP contribution in [0.2, 0.25) is 0 Å². The van der Waals surface area contributed by atoms with Crippen LogP contribution in [0.5, 0.6) is 11.5 Å². The second-order valence-electron chi connectivity index (χ2n) is 7.21. The van der Waals surface area contributed by atoms with Crippen LogP contribution in [0.25, 0.3) is 0 Å². The van der Waals surface area contributed by atoms with Crippen LogP contribution in [-0.2, 0) is 19.4 Å². The molecule has 0 aromatic heterocycles. The fourth-order valence-corrected chi connectivity index (χ4v) is 3.93. The van der Waals surface area contributed by atoms with E-state index in [1.807, 2.05) is 36.4 Å². The molecule has 1 N–H and O–H groups in total. The third kappa shape index (κ3) is 4.84. The third-order valence-corrected chi connectivity index (χ3v) is 5.33. The molecule has 0 unspecified atom stereocenters. The van der Waals surface area contributed by atoms with E-state index in [9.17, 15) is 5.11 Å². The zero-order valence-corrected chi connectivity index (χ0v) is 16.2. The highest BCUT2D eigenvalue weighted by Gasteiger charge is 2.26. The number of aromatic hydroxyl groups is 1. The summed E-state index contributed by atoms with van der Waals surface area (Å²) in [6.45, 7) is 4.70. The Morgan fingerprint density at radius 3 is 2.74 bits per heavy atom. The van der Waals surface area contributed by atoms with Crippen molar-refractivity contribution in [2.45, 2.75) is 51.7 Å². The number of terminal acetylenes is 1. The topological polar surface area (TPSA) is 32.7 Å². The summed E-state index contributed by atoms with van der Waals surface area (Å²) in [4.78, 5) is 2.51. The molecule has 2 aromatic carbocycles. The van der Waals surface area contributed by atoms with Crippen molar-refractivity contribution < 1.29 is 9.84 Å². The quantitative estimate of drug-likeness (QED) is 0.698. The molecule has 0 amide bonds. The summed E-state index contributed by atoms with van der Waals surface area (Å²) in [5.74, 6) is 3.65. The predicted octanol–water partition coefficient (Wildman–Crippen LogP) is 4.56. The Morgan fingerprint density at radius 1 is 1.19 bits per heavy atom. The number of phenolic OH excluding ortho intramolecular Hbond substituents is 1. The standard InChI is InChI=1S/C24H29NO2/c1-3-5-16-25(15-4-2)21-12-13-22-20(17-21)11-14-23(24(22)26)27-18-19-9-7-6-8-10-19/h1,6-11,14,21,26H,4-5,12-13,15-18H2,2H3/t21-/m0/s1. The zero-order valence-electron chi connectivity index (χ0n) is 16.2. The first-order valence-electron chi connectivity index (χ1n) is 9.90. The molecule has 3 nitrogen and oxygen atoms in total. The normalized spacial score (nSPS) is 16.0. The van der Waals surface area contributed by atoms with E-state index in [2.05, 4.69) is 23.8 Å². The van der Waals surface area contributed by atoms with Gasteiger partial charge in [-0.2, -0.15) is 0 Å². The van der Waals surface area contributed by atoms with Gasteiger partial charge in [0.05, 0.1) is 0 Å². The van der Waals surface area contributed by atoms with Crippen molar-refractivity contribution in [3.63, 3.8) is 0 Å². The lowest BCUT2D eigenvalue weighted by molar-refractivity contribution is 0.182. The van der Waals surface area contributed by atoms with E-state index in [-0.39, 0.29) is 0 Å². The molecule has 27 heavy (non-hydrogen) atoms. The summed E-state index contributed by atoms with van der Waals surface area (Å²) in [5, 5.41) is 10.7. The molecule has 0 radical (unpaired) electrons. The molecule has 0 saturated carbocycles. The molecule has 0 spiro atoms. The Hall–Kier alpha value is -2.44. The van der Waals surface area contributed by atoms with Gasteiger partial charge in [0.25, 0.3) is 0 Å². The minimum atomic E-state index is 0.313. The van der Waals surface area contributed by atoms with Crippen LogP contribution in [0.4, 0.5) is 0 Å². The molecule has 2 aromatic rings. The first-order chi connectivity index (χ1) is 13.2. The van der Waals surface area contributed by atoms with Crippen molar-refractivity contribution in [2.24, 2.45) is 0 Å². The van der Waals surface area contributed by atoms with Crippen molar-refractivity contribution in [3.05, 3.63) is 59.2 Å². The highest BCUT2D eigenvalue weighted by molar-refractivity contribution is 5.51. The van der Waals surface area contributed by atoms with Crippen molar-refractivity contribution in [3.8, 4) is 23.8 Å². The monoisotopic (exact) mass is 363 g/mol. The number of fused-ring (bicyclic) bond motifs is 1. The Balaban J connectivity index is 1.69. The van der Waals surface area contributed by atoms with E-state index in [1.54, 1.807) is 0 Å². The lowest BCUT2D eigenvalue weighted by atomic mass is 9.86. The minimum absolute atomic E-state index is 0.313. The average Bonchev–Trinajstić information content (AvgIpc) is 2.71. The number of ether oxygens (including phenoxy) is 1. The Kier molecular flexibility index (Phi) is 6.79. The SMILES string of the molecule is C#CCCN(CCC)[C@H]1CCc2c(ccc(OCc3ccccc3)c2O)C1. The lowest BCUT2D eigenvalue weighted by Crippen LogP contribution is -2.40. The van der Waals surface area contributed by atoms with Gasteiger partial charge < -0.3 is 9.84 Å². The lowest BCUT2D eigenvalue weighted by Gasteiger charge is -2.35. The molecule has 0 bridgehead atoms. The predicted molar refractivity (Wildman–Crippen MR) is 110 cm³/mol. The molecule has 3 heteroatoms. The highest BCUT2D eigenvalue weighted by atomic mass is 16.5. The number of nitrogens with zero attached hydrogens (tertiary/aromatic N) is 1. The maximum atomic E-state index is 10.7. The van der Waals surface area contributed by atoms with E-state index < -0.39 is 0 Å². The van der Waals surface area contributed by atoms with Gasteiger partial charge >= 0.3 is 0 Å². The van der Waals surface area contributed by atoms with Crippen LogP contribution in [-0.4, -0.2) is 29.1 Å². The van der Waals surface area contributed by atoms with Crippen LogP contribution in [0.3, 0.4) is 0 Å². The molecule has 0 heterocycles. The van der Waals surface area contributed by atoms with E-state index in [0.29, 0.717) is 24.1 Å². The summed E-state index contributed by atoms with van der Waals surface area (Å²) >= 11 is 0. The van der Waals surface area contributed by atoms with Crippen LogP contribution < -0.4 is 4.74 Å². The second-order valence-corrected chi connectivity index (χ2v) is 7.21. The maximum Gasteiger partial charge on any atom is 0.161 e. The van der Waals surface area contributed by atoms with Gasteiger partial charge in [-0.15, -0.1) is 12.3 Å². The molecule has 1 aliphatic carbocycles. The molecule has 1 atom stereocenters. The smallest absolute Gasteiger partial charge is 0.161 e. The summed E-state index contributed by atoms with van der Waals surface area (Å²) in [5.41, 5.74) is 3.38. The first kappa shape index (κ1) is 19.3. The molecule has 0 saturated heterocycles. The number of phenols is 1. The fourth-order valence-electron chi connectivity index (χ4n) is 3.93. The van der Waals surface area contributed by atoms with Crippen LogP contribution >= 0.6 is 0 Å². The van der Waals surface area contributed by atoms with Crippen molar-refractivity contribution in [2.75, 3.05) is 13.1 Å². The van der Waals surface area contributed by atoms with Crippen molar-refractivity contribution in [1.82, 2.24) is 4.90 Å². The largest absolute Gasteiger partial charge is 0.504 e. The molecule has 142 valence electrons. The molecule has 0 aliphatic heterocycles. The summed E-state index contributed by atoms with van der Waals surface area (Å²) in [7, 11) is 0.